The Hall–Kier alpha value is -1.41. The minimum atomic E-state index is -2.28. The molecule has 0 bridgehead atoms. The van der Waals surface area contributed by atoms with Crippen molar-refractivity contribution >= 4 is 35.3 Å². The van der Waals surface area contributed by atoms with Crippen LogP contribution in [0.25, 0.3) is 0 Å². The minimum absolute atomic E-state index is 0.132. The average molecular weight is 361 g/mol. The number of amides is 1. The van der Waals surface area contributed by atoms with Crippen LogP contribution in [0.1, 0.15) is 18.9 Å². The fraction of sp³-hybridized carbons (Fsp3) is 0.333. The molecule has 1 aromatic rings. The lowest BCUT2D eigenvalue weighted by Crippen LogP contribution is -2.29. The number of benzene rings is 1. The second-order valence-electron chi connectivity index (χ2n) is 4.90. The molecule has 1 aliphatic carbocycles. The molecule has 1 amide bonds. The van der Waals surface area contributed by atoms with Crippen LogP contribution in [-0.2, 0) is 4.79 Å². The summed E-state index contributed by atoms with van der Waals surface area (Å²) >= 11 is 11.5. The van der Waals surface area contributed by atoms with Crippen LogP contribution in [0.4, 0.5) is 22.0 Å². The number of hydrogen-bond donors (Lipinski definition) is 1. The van der Waals surface area contributed by atoms with E-state index >= 15 is 0 Å². The maximum atomic E-state index is 13.3. The third kappa shape index (κ3) is 2.54. The molecule has 22 heavy (non-hydrogen) atoms. The van der Waals surface area contributed by atoms with Gasteiger partial charge in [-0.1, -0.05) is 0 Å². The Labute approximate surface area is 131 Å². The Kier molecular flexibility index (Phi) is 4.12. The van der Waals surface area contributed by atoms with Crippen molar-refractivity contribution in [1.82, 2.24) is 5.43 Å². The number of nitrogens with one attached hydrogen (secondary N) is 1. The summed E-state index contributed by atoms with van der Waals surface area (Å²) in [6, 6.07) is 0. The quantitative estimate of drug-likeness (QED) is 0.220. The highest BCUT2D eigenvalue weighted by Crippen LogP contribution is 2.63. The first-order valence-electron chi connectivity index (χ1n) is 5.75. The van der Waals surface area contributed by atoms with Crippen LogP contribution in [0.3, 0.4) is 0 Å². The molecule has 0 aromatic heterocycles. The lowest BCUT2D eigenvalue weighted by atomic mass is 10.1. The number of rotatable bonds is 3. The van der Waals surface area contributed by atoms with Crippen molar-refractivity contribution < 1.29 is 26.7 Å². The van der Waals surface area contributed by atoms with E-state index in [9.17, 15) is 26.7 Å². The molecule has 1 fully saturated rings. The number of halogens is 7. The Bertz CT molecular complexity index is 666. The predicted molar refractivity (Wildman–Crippen MR) is 69.1 cm³/mol. The normalized spacial score (nSPS) is 22.9. The van der Waals surface area contributed by atoms with E-state index in [2.05, 4.69) is 5.10 Å². The third-order valence-corrected chi connectivity index (χ3v) is 4.46. The molecule has 1 aromatic carbocycles. The summed E-state index contributed by atoms with van der Waals surface area (Å²) in [6.45, 7) is 1.43. The highest BCUT2D eigenvalue weighted by atomic mass is 35.5. The van der Waals surface area contributed by atoms with Crippen molar-refractivity contribution in [3.05, 3.63) is 34.6 Å². The summed E-state index contributed by atoms with van der Waals surface area (Å²) in [5, 5.41) is 3.17. The van der Waals surface area contributed by atoms with Gasteiger partial charge in [-0.2, -0.15) is 5.10 Å². The van der Waals surface area contributed by atoms with Crippen LogP contribution >= 0.6 is 23.2 Å². The van der Waals surface area contributed by atoms with Crippen LogP contribution in [0, 0.1) is 34.5 Å². The number of alkyl halides is 2. The molecule has 1 N–H and O–H groups in total. The first kappa shape index (κ1) is 17.0. The van der Waals surface area contributed by atoms with Gasteiger partial charge in [0.05, 0.1) is 17.2 Å². The van der Waals surface area contributed by atoms with Gasteiger partial charge in [0.15, 0.2) is 23.3 Å². The second kappa shape index (κ2) is 5.34. The SMILES string of the molecule is C[C@]1(C(=O)N/N=C\c2c(F)c(F)c(F)c(F)c2F)CC1(Cl)Cl. The third-order valence-electron chi connectivity index (χ3n) is 3.36. The van der Waals surface area contributed by atoms with E-state index < -0.39 is 50.3 Å². The Morgan fingerprint density at radius 1 is 1.09 bits per heavy atom. The molecule has 2 rings (SSSR count). The van der Waals surface area contributed by atoms with E-state index in [1.54, 1.807) is 0 Å². The maximum absolute atomic E-state index is 13.3. The van der Waals surface area contributed by atoms with Crippen LogP contribution in [-0.4, -0.2) is 16.5 Å². The molecule has 10 heteroatoms. The van der Waals surface area contributed by atoms with Crippen LogP contribution < -0.4 is 5.43 Å². The van der Waals surface area contributed by atoms with Crippen molar-refractivity contribution in [2.24, 2.45) is 10.5 Å². The van der Waals surface area contributed by atoms with Crippen molar-refractivity contribution in [3.8, 4) is 0 Å². The first-order chi connectivity index (χ1) is 10.0. The number of hydrogen-bond acceptors (Lipinski definition) is 2. The summed E-state index contributed by atoms with van der Waals surface area (Å²) in [5.41, 5.74) is -0.539. The monoisotopic (exact) mass is 360 g/mol. The summed E-state index contributed by atoms with van der Waals surface area (Å²) in [4.78, 5) is 11.7. The van der Waals surface area contributed by atoms with E-state index in [0.29, 0.717) is 6.21 Å². The van der Waals surface area contributed by atoms with Gasteiger partial charge in [-0.3, -0.25) is 4.79 Å². The summed E-state index contributed by atoms with van der Waals surface area (Å²) in [5.74, 6) is -11.4. The number of hydrazone groups is 1. The zero-order valence-corrected chi connectivity index (χ0v) is 12.3. The van der Waals surface area contributed by atoms with Gasteiger partial charge in [0.2, 0.25) is 11.7 Å². The van der Waals surface area contributed by atoms with Gasteiger partial charge in [-0.15, -0.1) is 23.2 Å². The molecule has 0 unspecified atom stereocenters. The molecular weight excluding hydrogens is 354 g/mol. The fourth-order valence-electron chi connectivity index (χ4n) is 1.66. The average Bonchev–Trinajstić information content (AvgIpc) is 2.98. The van der Waals surface area contributed by atoms with Gasteiger partial charge >= 0.3 is 0 Å². The molecule has 3 nitrogen and oxygen atoms in total. The van der Waals surface area contributed by atoms with Gasteiger partial charge in [-0.25, -0.2) is 27.4 Å². The van der Waals surface area contributed by atoms with E-state index in [1.807, 2.05) is 5.43 Å². The largest absolute Gasteiger partial charge is 0.272 e. The summed E-state index contributed by atoms with van der Waals surface area (Å²) in [6.07, 6.45) is 0.442. The van der Waals surface area contributed by atoms with Crippen molar-refractivity contribution in [1.29, 1.82) is 0 Å². The van der Waals surface area contributed by atoms with Crippen LogP contribution in [0.15, 0.2) is 5.10 Å². The van der Waals surface area contributed by atoms with Crippen molar-refractivity contribution in [3.63, 3.8) is 0 Å². The zero-order chi connectivity index (χ0) is 16.9. The zero-order valence-electron chi connectivity index (χ0n) is 10.8. The smallest absolute Gasteiger partial charge is 0.249 e. The predicted octanol–water partition coefficient (Wildman–Crippen LogP) is 3.42. The van der Waals surface area contributed by atoms with E-state index in [1.165, 1.54) is 6.92 Å². The van der Waals surface area contributed by atoms with Crippen LogP contribution in [0.5, 0.6) is 0 Å². The molecule has 0 heterocycles. The van der Waals surface area contributed by atoms with Gasteiger partial charge in [0, 0.05) is 0 Å². The first-order valence-corrected chi connectivity index (χ1v) is 6.51. The molecular formula is C12H7Cl2F5N2O. The molecule has 0 radical (unpaired) electrons. The Morgan fingerprint density at radius 2 is 1.50 bits per heavy atom. The topological polar surface area (TPSA) is 41.5 Å². The fourth-order valence-corrected chi connectivity index (χ4v) is 2.37. The van der Waals surface area contributed by atoms with Crippen molar-refractivity contribution in [2.45, 2.75) is 17.7 Å². The minimum Gasteiger partial charge on any atom is -0.272 e. The van der Waals surface area contributed by atoms with Gasteiger partial charge in [0.1, 0.15) is 4.33 Å². The lowest BCUT2D eigenvalue weighted by molar-refractivity contribution is -0.125. The molecule has 120 valence electrons. The van der Waals surface area contributed by atoms with E-state index in [4.69, 9.17) is 23.2 Å². The van der Waals surface area contributed by atoms with Crippen molar-refractivity contribution in [2.75, 3.05) is 0 Å². The highest BCUT2D eigenvalue weighted by Gasteiger charge is 2.68. The lowest BCUT2D eigenvalue weighted by Gasteiger charge is -2.09. The molecule has 1 saturated carbocycles. The summed E-state index contributed by atoms with van der Waals surface area (Å²) < 4.78 is 64.1. The van der Waals surface area contributed by atoms with E-state index in [0.717, 1.165) is 0 Å². The molecule has 0 spiro atoms. The number of carbonyl (C=O) groups is 1. The number of nitrogens with zero attached hydrogens (tertiary/aromatic N) is 1. The van der Waals surface area contributed by atoms with E-state index in [-0.39, 0.29) is 6.42 Å². The standard InChI is InChI=1S/C12H7Cl2F5N2O/c1-11(3-12(11,13)14)10(22)21-20-2-4-5(15)7(17)9(19)8(18)6(4)16/h2H,3H2,1H3,(H,21,22)/b20-2-/t11-/m1/s1. The molecule has 1 aliphatic rings. The second-order valence-corrected chi connectivity index (χ2v) is 6.38. The summed E-state index contributed by atoms with van der Waals surface area (Å²) in [7, 11) is 0. The maximum Gasteiger partial charge on any atom is 0.249 e. The number of carbonyl (C=O) groups excluding carboxylic acids is 1. The molecule has 1 atom stereocenters. The van der Waals surface area contributed by atoms with Gasteiger partial charge in [-0.05, 0) is 13.3 Å². The van der Waals surface area contributed by atoms with Gasteiger partial charge in [0.25, 0.3) is 0 Å². The Morgan fingerprint density at radius 3 is 1.91 bits per heavy atom. The molecule has 0 aliphatic heterocycles. The Balaban J connectivity index is 2.20. The highest BCUT2D eigenvalue weighted by molar-refractivity contribution is 6.53. The molecule has 0 saturated heterocycles. The van der Waals surface area contributed by atoms with Crippen LogP contribution in [0.2, 0.25) is 0 Å². The van der Waals surface area contributed by atoms with Gasteiger partial charge < -0.3 is 0 Å².